The highest BCUT2D eigenvalue weighted by Gasteiger charge is 2.27. The highest BCUT2D eigenvalue weighted by atomic mass is 35.5. The van der Waals surface area contributed by atoms with Crippen molar-refractivity contribution in [1.82, 2.24) is 5.32 Å². The van der Waals surface area contributed by atoms with Crippen LogP contribution in [0.2, 0.25) is 10.0 Å². The average molecular weight is 287 g/mol. The van der Waals surface area contributed by atoms with Gasteiger partial charge in [0.1, 0.15) is 0 Å². The molecule has 0 heterocycles. The molecule has 2 unspecified atom stereocenters. The fraction of sp³-hybridized carbons (Fsp3) is 0.462. The molecule has 1 aromatic carbocycles. The van der Waals surface area contributed by atoms with Crippen LogP contribution in [0.3, 0.4) is 0 Å². The van der Waals surface area contributed by atoms with Crippen molar-refractivity contribution in [1.29, 1.82) is 0 Å². The van der Waals surface area contributed by atoms with Gasteiger partial charge >= 0.3 is 0 Å². The molecule has 1 fully saturated rings. The van der Waals surface area contributed by atoms with E-state index in [1.807, 2.05) is 0 Å². The molecule has 3 N–H and O–H groups in total. The second-order valence-corrected chi connectivity index (χ2v) is 5.45. The minimum Gasteiger partial charge on any atom is -0.349 e. The maximum Gasteiger partial charge on any atom is 0.251 e. The van der Waals surface area contributed by atoms with E-state index >= 15 is 0 Å². The van der Waals surface area contributed by atoms with E-state index in [1.54, 1.807) is 18.2 Å². The summed E-state index contributed by atoms with van der Waals surface area (Å²) < 4.78 is 0. The molecular formula is C13H16Cl2N2O. The lowest BCUT2D eigenvalue weighted by atomic mass is 10.0. The van der Waals surface area contributed by atoms with Crippen molar-refractivity contribution in [3.63, 3.8) is 0 Å². The summed E-state index contributed by atoms with van der Waals surface area (Å²) in [7, 11) is 0. The Kier molecular flexibility index (Phi) is 4.49. The molecule has 0 radical (unpaired) electrons. The summed E-state index contributed by atoms with van der Waals surface area (Å²) in [6, 6.07) is 5.08. The number of amides is 1. The number of nitrogens with one attached hydrogen (secondary N) is 1. The summed E-state index contributed by atoms with van der Waals surface area (Å²) in [6.45, 7) is 0.617. The zero-order valence-corrected chi connectivity index (χ0v) is 11.5. The van der Waals surface area contributed by atoms with Crippen LogP contribution in [0.1, 0.15) is 29.6 Å². The van der Waals surface area contributed by atoms with Crippen molar-refractivity contribution in [2.24, 2.45) is 11.7 Å². The van der Waals surface area contributed by atoms with Crippen molar-refractivity contribution < 1.29 is 4.79 Å². The van der Waals surface area contributed by atoms with Gasteiger partial charge in [-0.3, -0.25) is 4.79 Å². The van der Waals surface area contributed by atoms with Crippen molar-refractivity contribution in [2.75, 3.05) is 6.54 Å². The predicted molar refractivity (Wildman–Crippen MR) is 74.1 cm³/mol. The lowest BCUT2D eigenvalue weighted by Gasteiger charge is -2.19. The Bertz CT molecular complexity index is 451. The summed E-state index contributed by atoms with van der Waals surface area (Å²) in [5.41, 5.74) is 6.23. The fourth-order valence-electron chi connectivity index (χ4n) is 2.40. The third kappa shape index (κ3) is 2.97. The molecule has 98 valence electrons. The molecule has 1 aromatic rings. The summed E-state index contributed by atoms with van der Waals surface area (Å²) in [4.78, 5) is 12.1. The Morgan fingerprint density at radius 2 is 2.11 bits per heavy atom. The van der Waals surface area contributed by atoms with E-state index < -0.39 is 0 Å². The molecule has 0 saturated heterocycles. The maximum atomic E-state index is 12.1. The number of hydrogen-bond donors (Lipinski definition) is 2. The number of carbonyl (C=O) groups excluding carboxylic acids is 1. The largest absolute Gasteiger partial charge is 0.349 e. The van der Waals surface area contributed by atoms with E-state index in [0.717, 1.165) is 19.3 Å². The Morgan fingerprint density at radius 1 is 1.33 bits per heavy atom. The van der Waals surface area contributed by atoms with Crippen LogP contribution in [-0.4, -0.2) is 18.5 Å². The second kappa shape index (κ2) is 5.91. The molecule has 2 atom stereocenters. The average Bonchev–Trinajstić information content (AvgIpc) is 2.79. The monoisotopic (exact) mass is 286 g/mol. The van der Waals surface area contributed by atoms with Crippen LogP contribution in [0.4, 0.5) is 0 Å². The van der Waals surface area contributed by atoms with Crippen LogP contribution in [0.5, 0.6) is 0 Å². The number of hydrogen-bond acceptors (Lipinski definition) is 2. The van der Waals surface area contributed by atoms with Crippen LogP contribution in [0.25, 0.3) is 0 Å². The van der Waals surface area contributed by atoms with E-state index in [0.29, 0.717) is 28.1 Å². The Morgan fingerprint density at radius 3 is 2.78 bits per heavy atom. The van der Waals surface area contributed by atoms with Crippen molar-refractivity contribution >= 4 is 29.1 Å². The fourth-order valence-corrected chi connectivity index (χ4v) is 2.70. The molecule has 1 aliphatic rings. The molecule has 0 aromatic heterocycles. The van der Waals surface area contributed by atoms with E-state index in [2.05, 4.69) is 5.32 Å². The Balaban J connectivity index is 2.05. The van der Waals surface area contributed by atoms with Crippen LogP contribution in [0, 0.1) is 5.92 Å². The van der Waals surface area contributed by atoms with Gasteiger partial charge in [-0.1, -0.05) is 29.6 Å². The highest BCUT2D eigenvalue weighted by Crippen LogP contribution is 2.26. The molecule has 0 aliphatic heterocycles. The number of halogens is 2. The van der Waals surface area contributed by atoms with Crippen LogP contribution >= 0.6 is 23.2 Å². The van der Waals surface area contributed by atoms with Gasteiger partial charge in [0.15, 0.2) is 0 Å². The molecule has 0 bridgehead atoms. The minimum absolute atomic E-state index is 0.112. The molecule has 0 spiro atoms. The number of rotatable bonds is 3. The van der Waals surface area contributed by atoms with E-state index in [1.165, 1.54) is 0 Å². The number of carbonyl (C=O) groups is 1. The zero-order chi connectivity index (χ0) is 13.1. The predicted octanol–water partition coefficient (Wildman–Crippen LogP) is 2.85. The summed E-state index contributed by atoms with van der Waals surface area (Å²) in [6.07, 6.45) is 3.20. The van der Waals surface area contributed by atoms with E-state index in [9.17, 15) is 4.79 Å². The molecule has 1 aliphatic carbocycles. The molecule has 5 heteroatoms. The first kappa shape index (κ1) is 13.7. The van der Waals surface area contributed by atoms with E-state index in [4.69, 9.17) is 28.9 Å². The standard InChI is InChI=1S/C13H16Cl2N2O/c14-10-5-4-8(6-11(10)15)13(18)17-12-3-1-2-9(12)7-16/h4-6,9,12H,1-3,7,16H2,(H,17,18). The first-order chi connectivity index (χ1) is 8.61. The molecule has 1 saturated carbocycles. The number of benzene rings is 1. The van der Waals surface area contributed by atoms with E-state index in [-0.39, 0.29) is 11.9 Å². The zero-order valence-electron chi connectivity index (χ0n) is 9.96. The molecule has 1 amide bonds. The number of nitrogens with two attached hydrogens (primary N) is 1. The van der Waals surface area contributed by atoms with Gasteiger partial charge in [0.2, 0.25) is 0 Å². The van der Waals surface area contributed by atoms with Crippen LogP contribution in [-0.2, 0) is 0 Å². The van der Waals surface area contributed by atoms with Gasteiger partial charge < -0.3 is 11.1 Å². The normalized spacial score (nSPS) is 23.1. The lowest BCUT2D eigenvalue weighted by Crippen LogP contribution is -2.39. The smallest absolute Gasteiger partial charge is 0.251 e. The Hall–Kier alpha value is -0.770. The first-order valence-electron chi connectivity index (χ1n) is 6.08. The van der Waals surface area contributed by atoms with Gasteiger partial charge in [0.25, 0.3) is 5.91 Å². The van der Waals surface area contributed by atoms with Gasteiger partial charge in [0, 0.05) is 11.6 Å². The topological polar surface area (TPSA) is 55.1 Å². The van der Waals surface area contributed by atoms with Gasteiger partial charge in [-0.25, -0.2) is 0 Å². The summed E-state index contributed by atoms with van der Waals surface area (Å²) in [5.74, 6) is 0.274. The maximum absolute atomic E-state index is 12.1. The van der Waals surface area contributed by atoms with Gasteiger partial charge in [0.05, 0.1) is 10.0 Å². The lowest BCUT2D eigenvalue weighted by molar-refractivity contribution is 0.0929. The summed E-state index contributed by atoms with van der Waals surface area (Å²) >= 11 is 11.7. The third-order valence-corrected chi connectivity index (χ3v) is 4.20. The van der Waals surface area contributed by atoms with Gasteiger partial charge in [-0.15, -0.1) is 0 Å². The van der Waals surface area contributed by atoms with Crippen molar-refractivity contribution in [3.8, 4) is 0 Å². The molecule has 18 heavy (non-hydrogen) atoms. The Labute approximate surface area is 117 Å². The SMILES string of the molecule is NCC1CCCC1NC(=O)c1ccc(Cl)c(Cl)c1. The van der Waals surface area contributed by atoms with Gasteiger partial charge in [-0.05, 0) is 43.5 Å². The highest BCUT2D eigenvalue weighted by molar-refractivity contribution is 6.42. The van der Waals surface area contributed by atoms with Crippen molar-refractivity contribution in [2.45, 2.75) is 25.3 Å². The van der Waals surface area contributed by atoms with Gasteiger partial charge in [-0.2, -0.15) is 0 Å². The second-order valence-electron chi connectivity index (χ2n) is 4.64. The molecule has 3 nitrogen and oxygen atoms in total. The third-order valence-electron chi connectivity index (χ3n) is 3.46. The summed E-state index contributed by atoms with van der Waals surface area (Å²) in [5, 5.41) is 3.87. The molecule has 2 rings (SSSR count). The molecular weight excluding hydrogens is 271 g/mol. The quantitative estimate of drug-likeness (QED) is 0.898. The van der Waals surface area contributed by atoms with Crippen molar-refractivity contribution in [3.05, 3.63) is 33.8 Å². The minimum atomic E-state index is -0.112. The van der Waals surface area contributed by atoms with Crippen LogP contribution in [0.15, 0.2) is 18.2 Å². The van der Waals surface area contributed by atoms with Crippen LogP contribution < -0.4 is 11.1 Å². The first-order valence-corrected chi connectivity index (χ1v) is 6.83.